The first-order chi connectivity index (χ1) is 13.7. The van der Waals surface area contributed by atoms with E-state index >= 15 is 0 Å². The minimum atomic E-state index is -0.144. The van der Waals surface area contributed by atoms with E-state index in [1.165, 1.54) is 22.6 Å². The number of carbonyl (C=O) groups excluding carboxylic acids is 2. The largest absolute Gasteiger partial charge is 0.366 e. The lowest BCUT2D eigenvalue weighted by atomic mass is 9.94. The summed E-state index contributed by atoms with van der Waals surface area (Å²) in [6, 6.07) is 16.5. The Balaban J connectivity index is 1.17. The molecule has 144 valence electrons. The van der Waals surface area contributed by atoms with Crippen LogP contribution in [0.15, 0.2) is 48.5 Å². The van der Waals surface area contributed by atoms with E-state index in [0.717, 1.165) is 39.0 Å². The molecule has 2 aromatic carbocycles. The van der Waals surface area contributed by atoms with Crippen molar-refractivity contribution in [2.45, 2.75) is 25.3 Å². The second-order valence-electron chi connectivity index (χ2n) is 7.98. The second kappa shape index (κ2) is 7.06. The Bertz CT molecular complexity index is 891. The Morgan fingerprint density at radius 2 is 1.57 bits per heavy atom. The van der Waals surface area contributed by atoms with Gasteiger partial charge in [0.05, 0.1) is 11.1 Å². The van der Waals surface area contributed by atoms with Gasteiger partial charge in [0, 0.05) is 37.9 Å². The Morgan fingerprint density at radius 3 is 2.36 bits per heavy atom. The van der Waals surface area contributed by atoms with Gasteiger partial charge < -0.3 is 4.90 Å². The van der Waals surface area contributed by atoms with Gasteiger partial charge in [0.15, 0.2) is 0 Å². The van der Waals surface area contributed by atoms with E-state index in [-0.39, 0.29) is 11.8 Å². The maximum atomic E-state index is 12.5. The van der Waals surface area contributed by atoms with E-state index in [0.29, 0.717) is 23.7 Å². The lowest BCUT2D eigenvalue weighted by molar-refractivity contribution is 0.0645. The Morgan fingerprint density at radius 1 is 0.857 bits per heavy atom. The smallest absolute Gasteiger partial charge is 0.261 e. The number of amides is 2. The number of para-hydroxylation sites is 1. The molecule has 3 aliphatic rings. The van der Waals surface area contributed by atoms with Crippen LogP contribution < -0.4 is 4.90 Å². The molecule has 1 unspecified atom stereocenters. The van der Waals surface area contributed by atoms with Crippen LogP contribution in [0.5, 0.6) is 0 Å². The molecular weight excluding hydrogens is 350 g/mol. The van der Waals surface area contributed by atoms with Crippen LogP contribution in [-0.2, 0) is 6.42 Å². The predicted molar refractivity (Wildman–Crippen MR) is 109 cm³/mol. The van der Waals surface area contributed by atoms with E-state index in [1.54, 1.807) is 12.1 Å². The molecular formula is C23H25N3O2. The zero-order chi connectivity index (χ0) is 19.1. The molecule has 5 heteroatoms. The normalized spacial score (nSPS) is 21.5. The van der Waals surface area contributed by atoms with Crippen LogP contribution in [0.4, 0.5) is 5.69 Å². The first-order valence-electron chi connectivity index (χ1n) is 10.2. The minimum absolute atomic E-state index is 0.144. The molecule has 0 aromatic heterocycles. The van der Waals surface area contributed by atoms with Crippen LogP contribution in [-0.4, -0.2) is 60.4 Å². The van der Waals surface area contributed by atoms with E-state index in [2.05, 4.69) is 34.1 Å². The van der Waals surface area contributed by atoms with Crippen molar-refractivity contribution in [3.8, 4) is 0 Å². The molecule has 0 N–H and O–H groups in total. The maximum absolute atomic E-state index is 12.5. The summed E-state index contributed by atoms with van der Waals surface area (Å²) in [6.45, 7) is 4.58. The number of imide groups is 1. The van der Waals surface area contributed by atoms with Crippen LogP contribution in [0.3, 0.4) is 0 Å². The summed E-state index contributed by atoms with van der Waals surface area (Å²) < 4.78 is 0. The summed E-state index contributed by atoms with van der Waals surface area (Å²) in [5.74, 6) is -0.288. The van der Waals surface area contributed by atoms with Crippen LogP contribution in [0.25, 0.3) is 0 Å². The number of rotatable bonds is 4. The number of fused-ring (bicyclic) bond motifs is 4. The Hall–Kier alpha value is -2.66. The van der Waals surface area contributed by atoms with Crippen molar-refractivity contribution in [2.75, 3.05) is 37.6 Å². The highest BCUT2D eigenvalue weighted by Crippen LogP contribution is 2.32. The fraction of sp³-hybridized carbons (Fsp3) is 0.391. The quantitative estimate of drug-likeness (QED) is 0.771. The summed E-state index contributed by atoms with van der Waals surface area (Å²) >= 11 is 0. The van der Waals surface area contributed by atoms with Gasteiger partial charge in [0.25, 0.3) is 11.8 Å². The van der Waals surface area contributed by atoms with Crippen molar-refractivity contribution >= 4 is 17.5 Å². The molecule has 0 saturated carbocycles. The van der Waals surface area contributed by atoms with Crippen LogP contribution in [0.1, 0.15) is 39.1 Å². The third kappa shape index (κ3) is 2.90. The number of piperazine rings is 1. The highest BCUT2D eigenvalue weighted by molar-refractivity contribution is 6.21. The molecule has 3 heterocycles. The van der Waals surface area contributed by atoms with Gasteiger partial charge in [-0.05, 0) is 49.6 Å². The van der Waals surface area contributed by atoms with Crippen LogP contribution in [0.2, 0.25) is 0 Å². The highest BCUT2D eigenvalue weighted by atomic mass is 16.2. The van der Waals surface area contributed by atoms with Crippen molar-refractivity contribution in [1.82, 2.24) is 9.80 Å². The summed E-state index contributed by atoms with van der Waals surface area (Å²) in [6.07, 6.45) is 3.18. The molecule has 0 radical (unpaired) electrons. The van der Waals surface area contributed by atoms with Crippen LogP contribution >= 0.6 is 0 Å². The number of hydrogen-bond donors (Lipinski definition) is 0. The lowest BCUT2D eigenvalue weighted by Gasteiger charge is -2.46. The zero-order valence-electron chi connectivity index (χ0n) is 16.0. The van der Waals surface area contributed by atoms with Crippen molar-refractivity contribution in [3.63, 3.8) is 0 Å². The minimum Gasteiger partial charge on any atom is -0.366 e. The van der Waals surface area contributed by atoms with Crippen molar-refractivity contribution in [1.29, 1.82) is 0 Å². The lowest BCUT2D eigenvalue weighted by Crippen LogP contribution is -2.55. The predicted octanol–water partition coefficient (Wildman–Crippen LogP) is 2.81. The maximum Gasteiger partial charge on any atom is 0.261 e. The molecule has 3 aliphatic heterocycles. The molecule has 28 heavy (non-hydrogen) atoms. The van der Waals surface area contributed by atoms with Gasteiger partial charge in [-0.2, -0.15) is 0 Å². The molecule has 1 atom stereocenters. The van der Waals surface area contributed by atoms with Gasteiger partial charge in [0.1, 0.15) is 0 Å². The van der Waals surface area contributed by atoms with Gasteiger partial charge in [0.2, 0.25) is 0 Å². The first-order valence-corrected chi connectivity index (χ1v) is 10.2. The number of carbonyl (C=O) groups is 2. The topological polar surface area (TPSA) is 43.9 Å². The van der Waals surface area contributed by atoms with Crippen LogP contribution in [0, 0.1) is 0 Å². The average Bonchev–Trinajstić information content (AvgIpc) is 2.98. The molecule has 5 rings (SSSR count). The highest BCUT2D eigenvalue weighted by Gasteiger charge is 2.35. The van der Waals surface area contributed by atoms with Gasteiger partial charge in [-0.3, -0.25) is 19.4 Å². The van der Waals surface area contributed by atoms with Crippen molar-refractivity contribution in [3.05, 3.63) is 65.2 Å². The molecule has 5 nitrogen and oxygen atoms in total. The molecule has 0 spiro atoms. The van der Waals surface area contributed by atoms with E-state index < -0.39 is 0 Å². The summed E-state index contributed by atoms with van der Waals surface area (Å²) in [5.41, 5.74) is 3.96. The Labute approximate surface area is 165 Å². The number of hydrogen-bond acceptors (Lipinski definition) is 4. The summed E-state index contributed by atoms with van der Waals surface area (Å²) in [7, 11) is 0. The zero-order valence-corrected chi connectivity index (χ0v) is 16.0. The van der Waals surface area contributed by atoms with E-state index in [9.17, 15) is 9.59 Å². The van der Waals surface area contributed by atoms with E-state index in [4.69, 9.17) is 0 Å². The SMILES string of the molecule is O=C1c2ccccc2C(=O)N1CCCN1CCN2c3ccccc3CCC2C1. The van der Waals surface area contributed by atoms with Crippen molar-refractivity contribution < 1.29 is 9.59 Å². The number of aryl methyl sites for hydroxylation is 1. The molecule has 0 aliphatic carbocycles. The Kier molecular flexibility index (Phi) is 4.40. The molecule has 0 bridgehead atoms. The fourth-order valence-corrected chi connectivity index (χ4v) is 4.91. The number of anilines is 1. The second-order valence-corrected chi connectivity index (χ2v) is 7.98. The third-order valence-corrected chi connectivity index (χ3v) is 6.35. The van der Waals surface area contributed by atoms with Gasteiger partial charge in [-0.1, -0.05) is 30.3 Å². The fourth-order valence-electron chi connectivity index (χ4n) is 4.91. The third-order valence-electron chi connectivity index (χ3n) is 6.35. The summed E-state index contributed by atoms with van der Waals surface area (Å²) in [5, 5.41) is 0. The monoisotopic (exact) mass is 375 g/mol. The summed E-state index contributed by atoms with van der Waals surface area (Å²) in [4.78, 5) is 31.4. The average molecular weight is 375 g/mol. The van der Waals surface area contributed by atoms with Gasteiger partial charge >= 0.3 is 0 Å². The molecule has 2 amide bonds. The number of nitrogens with zero attached hydrogens (tertiary/aromatic N) is 3. The van der Waals surface area contributed by atoms with Gasteiger partial charge in [-0.25, -0.2) is 0 Å². The van der Waals surface area contributed by atoms with E-state index in [1.807, 2.05) is 12.1 Å². The number of benzene rings is 2. The molecule has 1 fully saturated rings. The van der Waals surface area contributed by atoms with Gasteiger partial charge in [-0.15, -0.1) is 0 Å². The molecule has 2 aromatic rings. The first kappa shape index (κ1) is 17.4. The molecule has 1 saturated heterocycles. The van der Waals surface area contributed by atoms with Crippen molar-refractivity contribution in [2.24, 2.45) is 0 Å². The standard InChI is InChI=1S/C23H25N3O2/c27-22-19-7-2-3-8-20(19)23(28)26(22)13-5-12-24-14-15-25-18(16-24)11-10-17-6-1-4-9-21(17)25/h1-4,6-9,18H,5,10-16H2.